The lowest BCUT2D eigenvalue weighted by Crippen LogP contribution is -2.49. The van der Waals surface area contributed by atoms with Gasteiger partial charge in [-0.15, -0.1) is 0 Å². The Morgan fingerprint density at radius 2 is 1.76 bits per heavy atom. The lowest BCUT2D eigenvalue weighted by atomic mass is 9.70. The first-order valence-corrected chi connectivity index (χ1v) is 12.2. The van der Waals surface area contributed by atoms with Crippen LogP contribution < -0.4 is 10.2 Å². The summed E-state index contributed by atoms with van der Waals surface area (Å²) in [4.78, 5) is 46.6. The summed E-state index contributed by atoms with van der Waals surface area (Å²) in [5, 5.41) is 2.45. The number of aromatic nitrogens is 1. The quantitative estimate of drug-likeness (QED) is 0.693. The Morgan fingerprint density at radius 1 is 1.09 bits per heavy atom. The maximum atomic E-state index is 13.2. The fourth-order valence-electron chi connectivity index (χ4n) is 5.42. The van der Waals surface area contributed by atoms with E-state index in [4.69, 9.17) is 4.98 Å². The van der Waals surface area contributed by atoms with Crippen molar-refractivity contribution in [3.63, 3.8) is 0 Å². The summed E-state index contributed by atoms with van der Waals surface area (Å²) in [6.45, 7) is 8.80. The molecule has 7 nitrogen and oxygen atoms in total. The molecule has 1 saturated carbocycles. The number of amides is 3. The molecule has 3 amide bonds. The Morgan fingerprint density at radius 3 is 2.29 bits per heavy atom. The van der Waals surface area contributed by atoms with Gasteiger partial charge in [-0.05, 0) is 60.4 Å². The predicted octanol–water partition coefficient (Wildman–Crippen LogP) is 3.17. The molecule has 3 aliphatic rings. The molecule has 34 heavy (non-hydrogen) atoms. The van der Waals surface area contributed by atoms with Crippen molar-refractivity contribution in [2.45, 2.75) is 51.4 Å². The summed E-state index contributed by atoms with van der Waals surface area (Å²) >= 11 is 0. The van der Waals surface area contributed by atoms with Gasteiger partial charge in [-0.1, -0.05) is 32.0 Å². The smallest absolute Gasteiger partial charge is 0.253 e. The molecule has 1 aromatic heterocycles. The molecule has 1 aliphatic carbocycles. The zero-order valence-electron chi connectivity index (χ0n) is 20.1. The van der Waals surface area contributed by atoms with Crippen molar-refractivity contribution in [2.24, 2.45) is 5.92 Å². The molecule has 0 spiro atoms. The average Bonchev–Trinajstić information content (AvgIpc) is 3.63. The van der Waals surface area contributed by atoms with Crippen LogP contribution in [0.5, 0.6) is 0 Å². The third kappa shape index (κ3) is 3.87. The molecule has 7 heteroatoms. The second-order valence-electron chi connectivity index (χ2n) is 10.2. The number of hydrogen-bond acceptors (Lipinski definition) is 5. The van der Waals surface area contributed by atoms with E-state index < -0.39 is 5.41 Å². The number of carbonyl (C=O) groups is 3. The highest BCUT2D eigenvalue weighted by atomic mass is 16.2. The van der Waals surface area contributed by atoms with Gasteiger partial charge in [-0.2, -0.15) is 0 Å². The number of rotatable bonds is 5. The number of nitrogens with zero attached hydrogens (tertiary/aromatic N) is 3. The van der Waals surface area contributed by atoms with Crippen molar-refractivity contribution in [1.29, 1.82) is 0 Å². The molecule has 2 aromatic rings. The third-order valence-corrected chi connectivity index (χ3v) is 7.72. The molecule has 178 valence electrons. The highest BCUT2D eigenvalue weighted by Crippen LogP contribution is 2.41. The first kappa shape index (κ1) is 22.6. The fourth-order valence-corrected chi connectivity index (χ4v) is 5.42. The van der Waals surface area contributed by atoms with Gasteiger partial charge in [0.05, 0.1) is 5.41 Å². The normalized spacial score (nSPS) is 22.9. The van der Waals surface area contributed by atoms with Gasteiger partial charge in [-0.25, -0.2) is 4.98 Å². The molecule has 5 rings (SSSR count). The highest BCUT2D eigenvalue weighted by Gasteiger charge is 2.50. The minimum absolute atomic E-state index is 0.00879. The van der Waals surface area contributed by atoms with E-state index in [1.165, 1.54) is 24.0 Å². The predicted molar refractivity (Wildman–Crippen MR) is 130 cm³/mol. The minimum atomic E-state index is -0.871. The van der Waals surface area contributed by atoms with Gasteiger partial charge in [-0.3, -0.25) is 19.7 Å². The molecule has 2 aliphatic heterocycles. The number of pyridine rings is 1. The highest BCUT2D eigenvalue weighted by molar-refractivity contribution is 6.09. The largest absolute Gasteiger partial charge is 0.353 e. The molecule has 1 N–H and O–H groups in total. The summed E-state index contributed by atoms with van der Waals surface area (Å²) in [5.41, 5.74) is 3.06. The van der Waals surface area contributed by atoms with Gasteiger partial charge in [0.25, 0.3) is 5.91 Å². The zero-order chi connectivity index (χ0) is 24.0. The van der Waals surface area contributed by atoms with Crippen LogP contribution in [-0.4, -0.2) is 53.8 Å². The van der Waals surface area contributed by atoms with Crippen LogP contribution in [0.25, 0.3) is 0 Å². The summed E-state index contributed by atoms with van der Waals surface area (Å²) in [7, 11) is 0. The monoisotopic (exact) mass is 460 g/mol. The topological polar surface area (TPSA) is 82.6 Å². The summed E-state index contributed by atoms with van der Waals surface area (Å²) in [6, 6.07) is 9.49. The molecule has 0 bridgehead atoms. The molecular weight excluding hydrogens is 428 g/mol. The SMILES string of the molecule is Cc1cc(C2CC2)cnc1N1CCN(C(=O)c2ccc(C3(C(C)C)CC(=O)NC3=O)cc2)CC1. The van der Waals surface area contributed by atoms with Crippen molar-refractivity contribution in [2.75, 3.05) is 31.1 Å². The maximum absolute atomic E-state index is 13.2. The first-order valence-electron chi connectivity index (χ1n) is 12.2. The zero-order valence-corrected chi connectivity index (χ0v) is 20.1. The number of imide groups is 1. The summed E-state index contributed by atoms with van der Waals surface area (Å²) in [5.74, 6) is 1.17. The number of nitrogens with one attached hydrogen (secondary N) is 1. The average molecular weight is 461 g/mol. The molecule has 1 unspecified atom stereocenters. The van der Waals surface area contributed by atoms with Crippen molar-refractivity contribution < 1.29 is 14.4 Å². The fraction of sp³-hybridized carbons (Fsp3) is 0.481. The van der Waals surface area contributed by atoms with Crippen molar-refractivity contribution >= 4 is 23.5 Å². The van der Waals surface area contributed by atoms with E-state index in [0.717, 1.165) is 24.5 Å². The summed E-state index contributed by atoms with van der Waals surface area (Å²) < 4.78 is 0. The van der Waals surface area contributed by atoms with Crippen molar-refractivity contribution in [1.82, 2.24) is 15.2 Å². The lowest BCUT2D eigenvalue weighted by molar-refractivity contribution is -0.127. The second kappa shape index (κ2) is 8.53. The molecule has 1 aromatic carbocycles. The van der Waals surface area contributed by atoms with Crippen LogP contribution in [0.4, 0.5) is 5.82 Å². The van der Waals surface area contributed by atoms with Crippen molar-refractivity contribution in [3.05, 3.63) is 58.8 Å². The lowest BCUT2D eigenvalue weighted by Gasteiger charge is -2.36. The van der Waals surface area contributed by atoms with Crippen molar-refractivity contribution in [3.8, 4) is 0 Å². The van der Waals surface area contributed by atoms with Crippen LogP contribution in [0.1, 0.15) is 66.1 Å². The summed E-state index contributed by atoms with van der Waals surface area (Å²) in [6.07, 6.45) is 4.70. The van der Waals surface area contributed by atoms with Gasteiger partial charge < -0.3 is 9.80 Å². The molecule has 3 heterocycles. The van der Waals surface area contributed by atoms with Crippen LogP contribution in [0, 0.1) is 12.8 Å². The Bertz CT molecular complexity index is 1130. The van der Waals surface area contributed by atoms with Gasteiger partial charge >= 0.3 is 0 Å². The van der Waals surface area contributed by atoms with Gasteiger partial charge in [0.15, 0.2) is 0 Å². The Hall–Kier alpha value is -3.22. The standard InChI is InChI=1S/C27H32N4O3/c1-17(2)27(15-23(32)29-26(27)34)22-8-6-20(7-9-22)25(33)31-12-10-30(11-13-31)24-18(3)14-21(16-28-24)19-4-5-19/h6-9,14,16-17,19H,4-5,10-13,15H2,1-3H3,(H,29,32,34). The van der Waals surface area contributed by atoms with Gasteiger partial charge in [0.2, 0.25) is 11.8 Å². The van der Waals surface area contributed by atoms with E-state index >= 15 is 0 Å². The number of anilines is 1. The van der Waals surface area contributed by atoms with Crippen LogP contribution in [0.2, 0.25) is 0 Å². The van der Waals surface area contributed by atoms with Crippen LogP contribution in [-0.2, 0) is 15.0 Å². The minimum Gasteiger partial charge on any atom is -0.353 e. The van der Waals surface area contributed by atoms with E-state index in [1.54, 1.807) is 12.1 Å². The third-order valence-electron chi connectivity index (χ3n) is 7.72. The molecule has 0 radical (unpaired) electrons. The molecule has 1 atom stereocenters. The second-order valence-corrected chi connectivity index (χ2v) is 10.2. The van der Waals surface area contributed by atoms with Crippen LogP contribution in [0.3, 0.4) is 0 Å². The molecular formula is C27H32N4O3. The first-order chi connectivity index (χ1) is 16.3. The Kier molecular flexibility index (Phi) is 5.66. The molecule has 3 fully saturated rings. The molecule has 2 saturated heterocycles. The van der Waals surface area contributed by atoms with Gasteiger partial charge in [0.1, 0.15) is 5.82 Å². The van der Waals surface area contributed by atoms with E-state index in [9.17, 15) is 14.4 Å². The maximum Gasteiger partial charge on any atom is 0.253 e. The van der Waals surface area contributed by atoms with E-state index in [1.807, 2.05) is 37.1 Å². The number of piperazine rings is 1. The van der Waals surface area contributed by atoms with Gasteiger partial charge in [0, 0.05) is 44.4 Å². The van der Waals surface area contributed by atoms with Crippen LogP contribution >= 0.6 is 0 Å². The van der Waals surface area contributed by atoms with E-state index in [-0.39, 0.29) is 30.1 Å². The number of aryl methyl sites for hydroxylation is 1. The Balaban J connectivity index is 1.25. The number of benzene rings is 1. The van der Waals surface area contributed by atoms with E-state index in [0.29, 0.717) is 24.6 Å². The number of hydrogen-bond donors (Lipinski definition) is 1. The number of carbonyl (C=O) groups excluding carboxylic acids is 3. The van der Waals surface area contributed by atoms with E-state index in [2.05, 4.69) is 23.2 Å². The van der Waals surface area contributed by atoms with Crippen LogP contribution in [0.15, 0.2) is 36.5 Å². The Labute approximate surface area is 200 Å².